The zero-order valence-electron chi connectivity index (χ0n) is 18.4. The molecule has 1 aromatic carbocycles. The van der Waals surface area contributed by atoms with E-state index >= 15 is 0 Å². The molecule has 4 rings (SSSR count). The van der Waals surface area contributed by atoms with E-state index in [1.807, 2.05) is 44.2 Å². The minimum absolute atomic E-state index is 0.0293. The predicted molar refractivity (Wildman–Crippen MR) is 118 cm³/mol. The van der Waals surface area contributed by atoms with E-state index in [-0.39, 0.29) is 5.91 Å². The Bertz CT molecular complexity index is 1030. The molecule has 164 valence electrons. The molecule has 31 heavy (non-hydrogen) atoms. The molecule has 3 aromatic rings. The molecule has 8 heteroatoms. The summed E-state index contributed by atoms with van der Waals surface area (Å²) >= 11 is 0. The lowest BCUT2D eigenvalue weighted by molar-refractivity contribution is -0.117. The van der Waals surface area contributed by atoms with Crippen LogP contribution in [0.3, 0.4) is 0 Å². The quantitative estimate of drug-likeness (QED) is 0.624. The molecule has 0 atom stereocenters. The van der Waals surface area contributed by atoms with Crippen molar-refractivity contribution in [1.29, 1.82) is 0 Å². The first kappa shape index (κ1) is 21.3. The number of furan rings is 1. The summed E-state index contributed by atoms with van der Waals surface area (Å²) < 4.78 is 11.4. The molecule has 1 amide bonds. The van der Waals surface area contributed by atoms with Crippen molar-refractivity contribution in [2.45, 2.75) is 33.7 Å². The highest BCUT2D eigenvalue weighted by Crippen LogP contribution is 2.25. The van der Waals surface area contributed by atoms with Crippen LogP contribution in [0.2, 0.25) is 0 Å². The average Bonchev–Trinajstić information content (AvgIpc) is 3.35. The van der Waals surface area contributed by atoms with Gasteiger partial charge in [0.2, 0.25) is 11.8 Å². The number of anilines is 1. The number of rotatable bonds is 7. The van der Waals surface area contributed by atoms with E-state index in [4.69, 9.17) is 8.83 Å². The lowest BCUT2D eigenvalue weighted by atomic mass is 10.1. The summed E-state index contributed by atoms with van der Waals surface area (Å²) in [5, 5.41) is 11.4. The Morgan fingerprint density at radius 3 is 2.52 bits per heavy atom. The number of hydrogen-bond acceptors (Lipinski definition) is 7. The first-order valence-corrected chi connectivity index (χ1v) is 10.7. The van der Waals surface area contributed by atoms with Gasteiger partial charge >= 0.3 is 0 Å². The molecule has 0 bridgehead atoms. The summed E-state index contributed by atoms with van der Waals surface area (Å²) in [5.41, 5.74) is 2.90. The third kappa shape index (κ3) is 5.21. The van der Waals surface area contributed by atoms with Gasteiger partial charge in [0.1, 0.15) is 11.5 Å². The van der Waals surface area contributed by atoms with Gasteiger partial charge in [-0.25, -0.2) is 0 Å². The van der Waals surface area contributed by atoms with E-state index < -0.39 is 0 Å². The minimum atomic E-state index is 0.0293. The third-order valence-electron chi connectivity index (χ3n) is 5.60. The maximum absolute atomic E-state index is 12.5. The Labute approximate surface area is 182 Å². The number of aryl methyl sites for hydroxylation is 3. The molecule has 0 aliphatic carbocycles. The molecule has 2 aromatic heterocycles. The summed E-state index contributed by atoms with van der Waals surface area (Å²) in [4.78, 5) is 16.9. The van der Waals surface area contributed by atoms with Gasteiger partial charge in [0.25, 0.3) is 5.89 Å². The Morgan fingerprint density at radius 2 is 1.81 bits per heavy atom. The first-order valence-electron chi connectivity index (χ1n) is 10.7. The predicted octanol–water partition coefficient (Wildman–Crippen LogP) is 3.27. The van der Waals surface area contributed by atoms with Crippen LogP contribution < -0.4 is 5.32 Å². The Balaban J connectivity index is 1.25. The second kappa shape index (κ2) is 9.45. The topological polar surface area (TPSA) is 87.6 Å². The van der Waals surface area contributed by atoms with Crippen LogP contribution in [0.15, 0.2) is 39.2 Å². The molecule has 0 unspecified atom stereocenters. The standard InChI is InChI=1S/C23H29N5O3/c1-4-18-7-5-6-8-20(18)24-21(29)14-27-9-11-28(12-10-27)15-22-25-26-23(31-22)19-13-16(2)30-17(19)3/h5-8,13H,4,9-12,14-15H2,1-3H3,(H,24,29). The fourth-order valence-corrected chi connectivity index (χ4v) is 3.91. The maximum Gasteiger partial charge on any atom is 0.251 e. The number of carbonyl (C=O) groups excluding carboxylic acids is 1. The Kier molecular flexibility index (Phi) is 6.48. The van der Waals surface area contributed by atoms with Crippen LogP contribution in [-0.2, 0) is 17.8 Å². The normalized spacial score (nSPS) is 15.3. The third-order valence-corrected chi connectivity index (χ3v) is 5.60. The van der Waals surface area contributed by atoms with Crippen molar-refractivity contribution >= 4 is 11.6 Å². The zero-order chi connectivity index (χ0) is 21.8. The number of hydrogen-bond donors (Lipinski definition) is 1. The number of amides is 1. The summed E-state index contributed by atoms with van der Waals surface area (Å²) in [6.45, 7) is 10.2. The highest BCUT2D eigenvalue weighted by atomic mass is 16.4. The molecule has 0 saturated carbocycles. The van der Waals surface area contributed by atoms with Crippen LogP contribution >= 0.6 is 0 Å². The van der Waals surface area contributed by atoms with E-state index in [9.17, 15) is 4.79 Å². The van der Waals surface area contributed by atoms with E-state index in [1.165, 1.54) is 0 Å². The number of nitrogens with zero attached hydrogens (tertiary/aromatic N) is 4. The first-order chi connectivity index (χ1) is 15.0. The Hall–Kier alpha value is -2.97. The van der Waals surface area contributed by atoms with E-state index in [0.717, 1.165) is 60.9 Å². The summed E-state index contributed by atoms with van der Waals surface area (Å²) in [7, 11) is 0. The van der Waals surface area contributed by atoms with Crippen molar-refractivity contribution < 1.29 is 13.6 Å². The van der Waals surface area contributed by atoms with Gasteiger partial charge < -0.3 is 14.2 Å². The summed E-state index contributed by atoms with van der Waals surface area (Å²) in [6, 6.07) is 9.87. The highest BCUT2D eigenvalue weighted by molar-refractivity contribution is 5.93. The molecule has 1 N–H and O–H groups in total. The SMILES string of the molecule is CCc1ccccc1NC(=O)CN1CCN(Cc2nnc(-c3cc(C)oc3C)o2)CC1. The molecule has 0 spiro atoms. The lowest BCUT2D eigenvalue weighted by Crippen LogP contribution is -2.48. The van der Waals surface area contributed by atoms with Crippen molar-refractivity contribution in [1.82, 2.24) is 20.0 Å². The number of nitrogens with one attached hydrogen (secondary N) is 1. The van der Waals surface area contributed by atoms with Gasteiger partial charge in [0.15, 0.2) is 0 Å². The number of carbonyl (C=O) groups is 1. The fourth-order valence-electron chi connectivity index (χ4n) is 3.91. The van der Waals surface area contributed by atoms with Gasteiger partial charge in [-0.2, -0.15) is 0 Å². The van der Waals surface area contributed by atoms with E-state index in [0.29, 0.717) is 24.9 Å². The number of benzene rings is 1. The fraction of sp³-hybridized carbons (Fsp3) is 0.435. The molecule has 1 saturated heterocycles. The molecular formula is C23H29N5O3. The van der Waals surface area contributed by atoms with Crippen LogP contribution in [0.25, 0.3) is 11.5 Å². The second-order valence-corrected chi connectivity index (χ2v) is 7.94. The van der Waals surface area contributed by atoms with Gasteiger partial charge in [-0.05, 0) is 38.0 Å². The highest BCUT2D eigenvalue weighted by Gasteiger charge is 2.22. The maximum atomic E-state index is 12.5. The van der Waals surface area contributed by atoms with Gasteiger partial charge in [-0.15, -0.1) is 10.2 Å². The van der Waals surface area contributed by atoms with Crippen LogP contribution in [0.1, 0.15) is 29.9 Å². The van der Waals surface area contributed by atoms with Crippen LogP contribution in [-0.4, -0.2) is 58.6 Å². The van der Waals surface area contributed by atoms with Crippen molar-refractivity contribution in [3.05, 3.63) is 53.3 Å². The van der Waals surface area contributed by atoms with Gasteiger partial charge in [-0.3, -0.25) is 14.6 Å². The largest absolute Gasteiger partial charge is 0.466 e. The monoisotopic (exact) mass is 423 g/mol. The molecule has 1 aliphatic heterocycles. The van der Waals surface area contributed by atoms with Gasteiger partial charge in [0.05, 0.1) is 18.7 Å². The van der Waals surface area contributed by atoms with Crippen LogP contribution in [0.4, 0.5) is 5.69 Å². The summed E-state index contributed by atoms with van der Waals surface area (Å²) in [6.07, 6.45) is 0.895. The molecular weight excluding hydrogens is 394 g/mol. The number of para-hydroxylation sites is 1. The molecule has 8 nitrogen and oxygen atoms in total. The van der Waals surface area contributed by atoms with Gasteiger partial charge in [0, 0.05) is 31.9 Å². The second-order valence-electron chi connectivity index (χ2n) is 7.94. The molecule has 0 radical (unpaired) electrons. The zero-order valence-corrected chi connectivity index (χ0v) is 18.4. The summed E-state index contributed by atoms with van der Waals surface area (Å²) in [5.74, 6) is 2.72. The lowest BCUT2D eigenvalue weighted by Gasteiger charge is -2.33. The minimum Gasteiger partial charge on any atom is -0.466 e. The molecule has 1 fully saturated rings. The van der Waals surface area contributed by atoms with E-state index in [2.05, 4.69) is 32.2 Å². The number of aromatic nitrogens is 2. The molecule has 3 heterocycles. The molecule has 1 aliphatic rings. The number of piperazine rings is 1. The van der Waals surface area contributed by atoms with Crippen molar-refractivity contribution in [2.75, 3.05) is 38.0 Å². The van der Waals surface area contributed by atoms with Crippen molar-refractivity contribution in [3.8, 4) is 11.5 Å². The van der Waals surface area contributed by atoms with Crippen LogP contribution in [0, 0.1) is 13.8 Å². The van der Waals surface area contributed by atoms with Crippen molar-refractivity contribution in [2.24, 2.45) is 0 Å². The smallest absolute Gasteiger partial charge is 0.251 e. The van der Waals surface area contributed by atoms with Crippen LogP contribution in [0.5, 0.6) is 0 Å². The average molecular weight is 424 g/mol. The van der Waals surface area contributed by atoms with E-state index in [1.54, 1.807) is 0 Å². The van der Waals surface area contributed by atoms with Crippen molar-refractivity contribution in [3.63, 3.8) is 0 Å². The van der Waals surface area contributed by atoms with Gasteiger partial charge in [-0.1, -0.05) is 25.1 Å². The Morgan fingerprint density at radius 1 is 1.06 bits per heavy atom.